The van der Waals surface area contributed by atoms with Crippen LogP contribution in [-0.4, -0.2) is 48.0 Å². The number of amides is 2. The molecule has 2 atom stereocenters. The fourth-order valence-electron chi connectivity index (χ4n) is 4.99. The van der Waals surface area contributed by atoms with Gasteiger partial charge in [0.25, 0.3) is 5.91 Å². The summed E-state index contributed by atoms with van der Waals surface area (Å²) < 4.78 is 5.34. The number of para-hydroxylation sites is 1. The molecular formula is C28H28N4O3. The molecule has 35 heavy (non-hydrogen) atoms. The second-order valence-electron chi connectivity index (χ2n) is 8.85. The van der Waals surface area contributed by atoms with E-state index in [2.05, 4.69) is 21.7 Å². The number of fused-ring (bicyclic) bond motifs is 2. The van der Waals surface area contributed by atoms with Crippen molar-refractivity contribution in [2.75, 3.05) is 30.9 Å². The highest BCUT2D eigenvalue weighted by atomic mass is 16.5. The summed E-state index contributed by atoms with van der Waals surface area (Å²) in [6.07, 6.45) is 2.58. The van der Waals surface area contributed by atoms with E-state index < -0.39 is 12.0 Å². The Labute approximate surface area is 204 Å². The summed E-state index contributed by atoms with van der Waals surface area (Å²) in [5.41, 5.74) is 5.22. The van der Waals surface area contributed by atoms with Crippen molar-refractivity contribution in [2.24, 2.45) is 0 Å². The number of benzene rings is 2. The van der Waals surface area contributed by atoms with Crippen molar-refractivity contribution < 1.29 is 14.3 Å². The Balaban J connectivity index is 1.59. The van der Waals surface area contributed by atoms with Gasteiger partial charge in [-0.05, 0) is 54.3 Å². The number of nitrogens with zero attached hydrogens (tertiary/aromatic N) is 2. The molecule has 2 unspecified atom stereocenters. The molecule has 0 aliphatic carbocycles. The normalized spacial score (nSPS) is 18.7. The molecule has 0 radical (unpaired) electrons. The first kappa shape index (κ1) is 22.8. The van der Waals surface area contributed by atoms with Crippen molar-refractivity contribution in [1.29, 1.82) is 0 Å². The van der Waals surface area contributed by atoms with Gasteiger partial charge in [-0.1, -0.05) is 42.5 Å². The first-order valence-corrected chi connectivity index (χ1v) is 11.7. The van der Waals surface area contributed by atoms with Crippen molar-refractivity contribution >= 4 is 23.3 Å². The molecule has 2 aliphatic heterocycles. The van der Waals surface area contributed by atoms with Crippen molar-refractivity contribution in [1.82, 2.24) is 9.88 Å². The number of anilines is 2. The van der Waals surface area contributed by atoms with Gasteiger partial charge in [0.2, 0.25) is 5.91 Å². The number of rotatable bonds is 6. The first-order chi connectivity index (χ1) is 17.1. The minimum atomic E-state index is -0.610. The second-order valence-corrected chi connectivity index (χ2v) is 8.85. The average molecular weight is 469 g/mol. The second kappa shape index (κ2) is 9.72. The van der Waals surface area contributed by atoms with E-state index in [1.54, 1.807) is 24.1 Å². The molecule has 0 saturated carbocycles. The number of hydrogen-bond acceptors (Lipinski definition) is 5. The van der Waals surface area contributed by atoms with Gasteiger partial charge in [-0.25, -0.2) is 4.98 Å². The molecule has 2 aliphatic rings. The SMILES string of the molecule is COCCN1C(=O)c2ccccc2C(C(=O)Nc2cccc(C)n2)C1C1=CNc2ccccc2C1. The van der Waals surface area contributed by atoms with Crippen LogP contribution in [0.1, 0.15) is 33.1 Å². The standard InChI is InChI=1S/C28H28N4O3/c1-18-8-7-13-24(30-18)31-27(33)25-21-10-4-5-11-22(21)28(34)32(14-15-35-2)26(25)20-16-19-9-3-6-12-23(19)29-17-20/h3-13,17,25-26,29H,14-16H2,1-2H3,(H,30,31,33). The molecule has 7 nitrogen and oxygen atoms in total. The zero-order valence-electron chi connectivity index (χ0n) is 19.8. The summed E-state index contributed by atoms with van der Waals surface area (Å²) in [7, 11) is 1.61. The maximum absolute atomic E-state index is 13.9. The molecule has 7 heteroatoms. The van der Waals surface area contributed by atoms with Crippen LogP contribution >= 0.6 is 0 Å². The first-order valence-electron chi connectivity index (χ1n) is 11.7. The number of hydrogen-bond donors (Lipinski definition) is 2. The highest BCUT2D eigenvalue weighted by molar-refractivity contribution is 6.04. The van der Waals surface area contributed by atoms with E-state index in [1.165, 1.54) is 0 Å². The summed E-state index contributed by atoms with van der Waals surface area (Å²) >= 11 is 0. The van der Waals surface area contributed by atoms with Gasteiger partial charge in [0.15, 0.2) is 0 Å². The number of carbonyl (C=O) groups is 2. The van der Waals surface area contributed by atoms with E-state index in [-0.39, 0.29) is 11.8 Å². The lowest BCUT2D eigenvalue weighted by Crippen LogP contribution is -2.53. The number of methoxy groups -OCH3 is 1. The third kappa shape index (κ3) is 4.42. The molecule has 0 spiro atoms. The van der Waals surface area contributed by atoms with Gasteiger partial charge in [0, 0.05) is 36.8 Å². The summed E-state index contributed by atoms with van der Waals surface area (Å²) in [6.45, 7) is 2.63. The quantitative estimate of drug-likeness (QED) is 0.568. The monoisotopic (exact) mass is 468 g/mol. The molecular weight excluding hydrogens is 440 g/mol. The van der Waals surface area contributed by atoms with Crippen LogP contribution in [0.5, 0.6) is 0 Å². The summed E-state index contributed by atoms with van der Waals surface area (Å²) in [5, 5.41) is 6.37. The average Bonchev–Trinajstić information content (AvgIpc) is 2.87. The minimum Gasteiger partial charge on any atom is -0.383 e. The van der Waals surface area contributed by atoms with Crippen LogP contribution < -0.4 is 10.6 Å². The zero-order chi connectivity index (χ0) is 24.4. The van der Waals surface area contributed by atoms with Crippen LogP contribution in [0.2, 0.25) is 0 Å². The van der Waals surface area contributed by atoms with Gasteiger partial charge in [-0.15, -0.1) is 0 Å². The van der Waals surface area contributed by atoms with E-state index in [0.717, 1.165) is 28.1 Å². The Morgan fingerprint density at radius 3 is 2.74 bits per heavy atom. The third-order valence-corrected chi connectivity index (χ3v) is 6.60. The van der Waals surface area contributed by atoms with Crippen molar-refractivity contribution in [3.8, 4) is 0 Å². The lowest BCUT2D eigenvalue weighted by Gasteiger charge is -2.43. The smallest absolute Gasteiger partial charge is 0.254 e. The van der Waals surface area contributed by atoms with Crippen LogP contribution in [0.3, 0.4) is 0 Å². The zero-order valence-corrected chi connectivity index (χ0v) is 19.8. The molecule has 0 bridgehead atoms. The van der Waals surface area contributed by atoms with Gasteiger partial charge >= 0.3 is 0 Å². The highest BCUT2D eigenvalue weighted by Crippen LogP contribution is 2.40. The van der Waals surface area contributed by atoms with Crippen LogP contribution in [0.4, 0.5) is 11.5 Å². The number of carbonyl (C=O) groups excluding carboxylic acids is 2. The molecule has 1 aromatic heterocycles. The lowest BCUT2D eigenvalue weighted by molar-refractivity contribution is -0.118. The van der Waals surface area contributed by atoms with E-state index in [4.69, 9.17) is 4.74 Å². The predicted octanol–water partition coefficient (Wildman–Crippen LogP) is 4.14. The number of aromatic nitrogens is 1. The number of aryl methyl sites for hydroxylation is 1. The van der Waals surface area contributed by atoms with E-state index in [9.17, 15) is 9.59 Å². The molecule has 178 valence electrons. The van der Waals surface area contributed by atoms with E-state index in [0.29, 0.717) is 31.0 Å². The maximum Gasteiger partial charge on any atom is 0.254 e. The topological polar surface area (TPSA) is 83.6 Å². The molecule has 5 rings (SSSR count). The molecule has 2 N–H and O–H groups in total. The Bertz CT molecular complexity index is 1300. The van der Waals surface area contributed by atoms with Gasteiger partial charge in [-0.2, -0.15) is 0 Å². The van der Waals surface area contributed by atoms with Crippen molar-refractivity contribution in [2.45, 2.75) is 25.3 Å². The van der Waals surface area contributed by atoms with Crippen molar-refractivity contribution in [3.63, 3.8) is 0 Å². The van der Waals surface area contributed by atoms with Crippen LogP contribution in [0.15, 0.2) is 78.5 Å². The lowest BCUT2D eigenvalue weighted by atomic mass is 9.77. The van der Waals surface area contributed by atoms with Gasteiger partial charge in [0.1, 0.15) is 5.82 Å². The third-order valence-electron chi connectivity index (χ3n) is 6.60. The maximum atomic E-state index is 13.9. The van der Waals surface area contributed by atoms with Crippen molar-refractivity contribution in [3.05, 3.63) is 101 Å². The molecule has 0 fully saturated rings. The van der Waals surface area contributed by atoms with Crippen LogP contribution in [0, 0.1) is 6.92 Å². The Morgan fingerprint density at radius 1 is 1.11 bits per heavy atom. The Morgan fingerprint density at radius 2 is 1.91 bits per heavy atom. The summed E-state index contributed by atoms with van der Waals surface area (Å²) in [4.78, 5) is 33.8. The highest BCUT2D eigenvalue weighted by Gasteiger charge is 2.45. The van der Waals surface area contributed by atoms with Crippen LogP contribution in [0.25, 0.3) is 0 Å². The molecule has 3 aromatic rings. The molecule has 0 saturated heterocycles. The minimum absolute atomic E-state index is 0.0971. The number of nitrogens with one attached hydrogen (secondary N) is 2. The fourth-order valence-corrected chi connectivity index (χ4v) is 4.99. The van der Waals surface area contributed by atoms with Crippen LogP contribution in [-0.2, 0) is 16.0 Å². The Kier molecular flexibility index (Phi) is 6.33. The summed E-state index contributed by atoms with van der Waals surface area (Å²) in [6, 6.07) is 20.5. The van der Waals surface area contributed by atoms with Gasteiger partial charge in [0.05, 0.1) is 18.6 Å². The van der Waals surface area contributed by atoms with Gasteiger partial charge in [-0.3, -0.25) is 9.59 Å². The largest absolute Gasteiger partial charge is 0.383 e. The number of pyridine rings is 1. The van der Waals surface area contributed by atoms with E-state index in [1.807, 2.05) is 61.7 Å². The molecule has 2 amide bonds. The Hall–Kier alpha value is -3.97. The predicted molar refractivity (Wildman–Crippen MR) is 135 cm³/mol. The van der Waals surface area contributed by atoms with Gasteiger partial charge < -0.3 is 20.3 Å². The van der Waals surface area contributed by atoms with E-state index >= 15 is 0 Å². The molecule has 2 aromatic carbocycles. The fraction of sp³-hybridized carbons (Fsp3) is 0.250. The number of ether oxygens (including phenoxy) is 1. The molecule has 3 heterocycles. The summed E-state index contributed by atoms with van der Waals surface area (Å²) in [5.74, 6) is -0.413.